The molecule has 0 saturated carbocycles. The van der Waals surface area contributed by atoms with E-state index in [1.807, 2.05) is 36.4 Å². The molecule has 12 nitrogen and oxygen atoms in total. The average Bonchev–Trinajstić information content (AvgIpc) is 3.22. The van der Waals surface area contributed by atoms with Crippen LogP contribution in [0.25, 0.3) is 5.53 Å². The number of hydrogen-bond donors (Lipinski definition) is 1. The van der Waals surface area contributed by atoms with Crippen molar-refractivity contribution in [3.8, 4) is 11.5 Å². The average molecular weight is 621 g/mol. The molecule has 2 saturated heterocycles. The fraction of sp³-hybridized carbons (Fsp3) is 0.324. The summed E-state index contributed by atoms with van der Waals surface area (Å²) >= 11 is 0. The van der Waals surface area contributed by atoms with Crippen LogP contribution in [0.2, 0.25) is 0 Å². The summed E-state index contributed by atoms with van der Waals surface area (Å²) in [4.78, 5) is 61.7. The maximum atomic E-state index is 13.8. The molecule has 3 aromatic carbocycles. The first-order valence-corrected chi connectivity index (χ1v) is 15.0. The van der Waals surface area contributed by atoms with E-state index in [2.05, 4.69) is 14.6 Å². The maximum absolute atomic E-state index is 13.8. The molecule has 0 radical (unpaired) electrons. The maximum Gasteiger partial charge on any atom is 0.358 e. The van der Waals surface area contributed by atoms with Crippen molar-refractivity contribution in [2.24, 2.45) is 11.8 Å². The number of hydrogen-bond acceptors (Lipinski definition) is 7. The van der Waals surface area contributed by atoms with Crippen molar-refractivity contribution >= 4 is 40.7 Å². The number of carboxylic acids is 1. The molecule has 46 heavy (non-hydrogen) atoms. The third-order valence-corrected chi connectivity index (χ3v) is 9.62. The number of Topliss-reactive ketones (excluding diaryl/α,β-unsaturated/α-hetero) is 1. The molecule has 0 unspecified atom stereocenters. The molecule has 1 N–H and O–H groups in total. The van der Waals surface area contributed by atoms with Crippen LogP contribution in [0.1, 0.15) is 37.4 Å². The molecular weight excluding hydrogens is 588 g/mol. The monoisotopic (exact) mass is 620 g/mol. The van der Waals surface area contributed by atoms with Crippen LogP contribution in [0.5, 0.6) is 11.5 Å². The van der Waals surface area contributed by atoms with Crippen molar-refractivity contribution in [2.45, 2.75) is 5.41 Å². The predicted octanol–water partition coefficient (Wildman–Crippen LogP) is 2.74. The summed E-state index contributed by atoms with van der Waals surface area (Å²) in [7, 11) is 6.94. The number of carbonyl (C=O) groups excluding carboxylic acids is 3. The van der Waals surface area contributed by atoms with Gasteiger partial charge in [-0.05, 0) is 35.9 Å². The zero-order chi connectivity index (χ0) is 32.7. The van der Waals surface area contributed by atoms with Crippen LogP contribution >= 0.6 is 0 Å². The third kappa shape index (κ3) is 4.06. The van der Waals surface area contributed by atoms with Gasteiger partial charge in [0.25, 0.3) is 5.78 Å². The molecule has 0 aromatic heterocycles. The van der Waals surface area contributed by atoms with Gasteiger partial charge in [-0.25, -0.2) is 4.79 Å². The largest absolute Gasteiger partial charge is 0.478 e. The van der Waals surface area contributed by atoms with E-state index >= 15 is 0 Å². The minimum absolute atomic E-state index is 0.0118. The van der Waals surface area contributed by atoms with Gasteiger partial charge in [0.1, 0.15) is 11.5 Å². The van der Waals surface area contributed by atoms with E-state index in [1.165, 1.54) is 18.2 Å². The Morgan fingerprint density at radius 1 is 0.804 bits per heavy atom. The lowest BCUT2D eigenvalue weighted by Gasteiger charge is -2.43. The van der Waals surface area contributed by atoms with Crippen molar-refractivity contribution < 1.29 is 33.8 Å². The molecule has 3 aliphatic heterocycles. The van der Waals surface area contributed by atoms with Crippen LogP contribution in [0.15, 0.2) is 54.6 Å². The smallest absolute Gasteiger partial charge is 0.358 e. The van der Waals surface area contributed by atoms with Crippen LogP contribution < -0.4 is 14.5 Å². The van der Waals surface area contributed by atoms with Gasteiger partial charge in [-0.15, -0.1) is 0 Å². The Morgan fingerprint density at radius 3 is 1.74 bits per heavy atom. The summed E-state index contributed by atoms with van der Waals surface area (Å²) < 4.78 is 6.56. The second kappa shape index (κ2) is 10.3. The number of amides is 2. The summed E-state index contributed by atoms with van der Waals surface area (Å²) in [6.45, 7) is 2.15. The quantitative estimate of drug-likeness (QED) is 0.338. The molecular formula is C34H32N6O6. The molecule has 234 valence electrons. The fourth-order valence-corrected chi connectivity index (χ4v) is 7.17. The number of aromatic carboxylic acids is 1. The lowest BCUT2D eigenvalue weighted by molar-refractivity contribution is -0.134. The molecule has 0 atom stereocenters. The van der Waals surface area contributed by atoms with Crippen LogP contribution in [-0.4, -0.2) is 103 Å². The zero-order valence-electron chi connectivity index (χ0n) is 25.9. The van der Waals surface area contributed by atoms with Crippen molar-refractivity contribution in [2.75, 3.05) is 64.2 Å². The van der Waals surface area contributed by atoms with Gasteiger partial charge in [0.05, 0.1) is 17.4 Å². The van der Waals surface area contributed by atoms with Crippen LogP contribution in [0, 0.1) is 11.8 Å². The SMILES string of the molecule is CN(C)C(=O)C1CN(c2ccc3c(c2)Oc2cc(N4CC(C(=O)N(C)C)C4)ccc2C32C(=[N+]=[N-])C(=O)c3ccc(C(=O)O)cc32)C1. The highest BCUT2D eigenvalue weighted by Crippen LogP contribution is 2.57. The van der Waals surface area contributed by atoms with Crippen LogP contribution in [0.3, 0.4) is 0 Å². The van der Waals surface area contributed by atoms with Gasteiger partial charge in [0, 0.05) is 94.6 Å². The number of ketones is 1. The minimum Gasteiger partial charge on any atom is -0.478 e. The van der Waals surface area contributed by atoms with Crippen molar-refractivity contribution in [1.29, 1.82) is 0 Å². The standard InChI is InChI=1S/C34H32N6O6/c1-37(2)31(42)19-14-39(15-19)21-6-9-24-27(12-21)46-28-13-22(40-16-20(17-40)32(43)38(3)4)7-10-25(28)34(24)26-11-18(33(44)45)5-8-23(26)29(41)30(34)36-35/h5-13,19-20H,14-17H2,1-4H3,(H,44,45). The molecule has 2 amide bonds. The molecule has 1 spiro atoms. The lowest BCUT2D eigenvalue weighted by Crippen LogP contribution is -2.53. The Balaban J connectivity index is 1.36. The van der Waals surface area contributed by atoms with E-state index < -0.39 is 17.2 Å². The lowest BCUT2D eigenvalue weighted by atomic mass is 9.67. The van der Waals surface area contributed by atoms with Gasteiger partial charge in [-0.2, -0.15) is 4.79 Å². The highest BCUT2D eigenvalue weighted by atomic mass is 16.5. The Hall–Kier alpha value is -5.48. The summed E-state index contributed by atoms with van der Waals surface area (Å²) in [6, 6.07) is 15.4. The normalized spacial score (nSPS) is 17.7. The molecule has 3 aromatic rings. The van der Waals surface area contributed by atoms with Gasteiger partial charge in [0.15, 0.2) is 5.41 Å². The molecule has 3 heterocycles. The van der Waals surface area contributed by atoms with Gasteiger partial charge < -0.3 is 35.0 Å². The predicted molar refractivity (Wildman–Crippen MR) is 168 cm³/mol. The third-order valence-electron chi connectivity index (χ3n) is 9.62. The van der Waals surface area contributed by atoms with Crippen molar-refractivity contribution in [1.82, 2.24) is 9.80 Å². The van der Waals surface area contributed by atoms with E-state index in [0.29, 0.717) is 54.4 Å². The second-order valence-corrected chi connectivity index (χ2v) is 12.7. The summed E-state index contributed by atoms with van der Waals surface area (Å²) in [5.74, 6) is -0.964. The first-order valence-electron chi connectivity index (χ1n) is 15.0. The number of nitrogens with zero attached hydrogens (tertiary/aromatic N) is 6. The molecule has 4 aliphatic rings. The van der Waals surface area contributed by atoms with Gasteiger partial charge in [0.2, 0.25) is 11.8 Å². The van der Waals surface area contributed by atoms with E-state index in [4.69, 9.17) is 4.74 Å². The fourth-order valence-electron chi connectivity index (χ4n) is 7.17. The first kappa shape index (κ1) is 29.2. The number of anilines is 2. The van der Waals surface area contributed by atoms with Crippen LogP contribution in [-0.2, 0) is 15.0 Å². The Labute approximate surface area is 265 Å². The number of rotatable bonds is 5. The van der Waals surface area contributed by atoms with E-state index in [0.717, 1.165) is 11.4 Å². The number of ether oxygens (including phenoxy) is 1. The summed E-state index contributed by atoms with van der Waals surface area (Å²) in [6.07, 6.45) is 0. The van der Waals surface area contributed by atoms with Gasteiger partial charge in [-0.3, -0.25) is 14.4 Å². The molecule has 0 bridgehead atoms. The highest BCUT2D eigenvalue weighted by molar-refractivity contribution is 6.52. The Bertz CT molecular complexity index is 1830. The number of carboxylic acid groups (broad SMARTS) is 1. The zero-order valence-corrected chi connectivity index (χ0v) is 25.9. The van der Waals surface area contributed by atoms with E-state index in [1.54, 1.807) is 38.0 Å². The van der Waals surface area contributed by atoms with Crippen LogP contribution in [0.4, 0.5) is 11.4 Å². The molecule has 12 heteroatoms. The molecule has 1 aliphatic carbocycles. The van der Waals surface area contributed by atoms with Gasteiger partial charge in [-0.1, -0.05) is 12.1 Å². The van der Waals surface area contributed by atoms with E-state index in [-0.39, 0.29) is 40.5 Å². The molecule has 7 rings (SSSR count). The Kier molecular flexibility index (Phi) is 6.54. The number of carbonyl (C=O) groups is 4. The van der Waals surface area contributed by atoms with E-state index in [9.17, 15) is 29.8 Å². The molecule has 2 fully saturated rings. The number of fused-ring (bicyclic) bond motifs is 6. The van der Waals surface area contributed by atoms with Gasteiger partial charge >= 0.3 is 11.7 Å². The Morgan fingerprint density at radius 2 is 1.30 bits per heavy atom. The van der Waals surface area contributed by atoms with Crippen molar-refractivity contribution in [3.63, 3.8) is 0 Å². The minimum atomic E-state index is -1.46. The topological polar surface area (TPSA) is 147 Å². The highest BCUT2D eigenvalue weighted by Gasteiger charge is 2.62. The summed E-state index contributed by atoms with van der Waals surface area (Å²) in [5, 5.41) is 9.88. The summed E-state index contributed by atoms with van der Waals surface area (Å²) in [5.41, 5.74) is 12.1. The van der Waals surface area contributed by atoms with Crippen molar-refractivity contribution in [3.05, 3.63) is 87.9 Å². The second-order valence-electron chi connectivity index (χ2n) is 12.7. The first-order chi connectivity index (χ1) is 21.9. The number of benzene rings is 3.